The van der Waals surface area contributed by atoms with Crippen molar-refractivity contribution in [3.05, 3.63) is 0 Å². The number of rotatable bonds is 8. The van der Waals surface area contributed by atoms with E-state index in [1.807, 2.05) is 13.8 Å². The summed E-state index contributed by atoms with van der Waals surface area (Å²) in [5.41, 5.74) is 0. The van der Waals surface area contributed by atoms with E-state index >= 15 is 0 Å². The van der Waals surface area contributed by atoms with Crippen LogP contribution in [0.2, 0.25) is 0 Å². The molecule has 0 aliphatic heterocycles. The fraction of sp³-hybridized carbons (Fsp3) is 1.00. The minimum absolute atomic E-state index is 0.199. The average Bonchev–Trinajstić information content (AvgIpc) is 2.09. The summed E-state index contributed by atoms with van der Waals surface area (Å²) >= 11 is 0. The molecule has 0 heterocycles. The van der Waals surface area contributed by atoms with Gasteiger partial charge in [-0.1, -0.05) is 13.3 Å². The van der Waals surface area contributed by atoms with Gasteiger partial charge in [-0.2, -0.15) is 0 Å². The van der Waals surface area contributed by atoms with Gasteiger partial charge in [-0.15, -0.1) is 0 Å². The van der Waals surface area contributed by atoms with E-state index in [2.05, 4.69) is 12.2 Å². The summed E-state index contributed by atoms with van der Waals surface area (Å²) < 4.78 is 5.27. The van der Waals surface area contributed by atoms with Crippen molar-refractivity contribution in [2.24, 2.45) is 0 Å². The van der Waals surface area contributed by atoms with Crippen LogP contribution in [0.1, 0.15) is 33.6 Å². The van der Waals surface area contributed by atoms with E-state index in [1.165, 1.54) is 6.42 Å². The molecule has 0 aromatic rings. The highest BCUT2D eigenvalue weighted by Gasteiger charge is 2.04. The smallest absolute Gasteiger partial charge is 0.0897 e. The molecule has 0 aliphatic carbocycles. The minimum atomic E-state index is -0.376. The fourth-order valence-electron chi connectivity index (χ4n) is 0.933. The Morgan fingerprint density at radius 1 is 1.38 bits per heavy atom. The molecule has 0 amide bonds. The summed E-state index contributed by atoms with van der Waals surface area (Å²) in [6.07, 6.45) is 2.17. The van der Waals surface area contributed by atoms with Crippen molar-refractivity contribution < 1.29 is 9.84 Å². The van der Waals surface area contributed by atoms with Gasteiger partial charge in [0, 0.05) is 6.54 Å². The molecule has 2 N–H and O–H groups in total. The number of hydrogen-bond acceptors (Lipinski definition) is 3. The topological polar surface area (TPSA) is 41.5 Å². The molecule has 0 fully saturated rings. The largest absolute Gasteiger partial charge is 0.389 e. The molecule has 0 aromatic heterocycles. The lowest BCUT2D eigenvalue weighted by Gasteiger charge is -2.13. The first-order chi connectivity index (χ1) is 6.16. The molecule has 0 saturated carbocycles. The van der Waals surface area contributed by atoms with Crippen LogP contribution in [0, 0.1) is 0 Å². The summed E-state index contributed by atoms with van der Waals surface area (Å²) in [5.74, 6) is 0. The van der Waals surface area contributed by atoms with Crippen molar-refractivity contribution in [3.63, 3.8) is 0 Å². The molecule has 80 valence electrons. The molecular formula is C10H23NO2. The highest BCUT2D eigenvalue weighted by molar-refractivity contribution is 4.58. The fourth-order valence-corrected chi connectivity index (χ4v) is 0.933. The van der Waals surface area contributed by atoms with E-state index in [1.54, 1.807) is 0 Å². The Bertz CT molecular complexity index is 107. The zero-order chi connectivity index (χ0) is 10.1. The van der Waals surface area contributed by atoms with Gasteiger partial charge >= 0.3 is 0 Å². The predicted molar refractivity (Wildman–Crippen MR) is 54.9 cm³/mol. The zero-order valence-corrected chi connectivity index (χ0v) is 9.05. The molecule has 0 saturated heterocycles. The Balaban J connectivity index is 3.15. The third-order valence-electron chi connectivity index (χ3n) is 1.71. The third-order valence-corrected chi connectivity index (χ3v) is 1.71. The predicted octanol–water partition coefficient (Wildman–Crippen LogP) is 1.16. The molecule has 0 radical (unpaired) electrons. The standard InChI is InChI=1S/C10H23NO2/c1-4-5-6-11-7-10(12)8-13-9(2)3/h9-12H,4-8H2,1-3H3. The van der Waals surface area contributed by atoms with Crippen molar-refractivity contribution in [3.8, 4) is 0 Å². The van der Waals surface area contributed by atoms with E-state index in [4.69, 9.17) is 4.74 Å². The summed E-state index contributed by atoms with van der Waals surface area (Å²) in [7, 11) is 0. The van der Waals surface area contributed by atoms with E-state index in [0.29, 0.717) is 13.2 Å². The third kappa shape index (κ3) is 9.80. The van der Waals surface area contributed by atoms with E-state index in [9.17, 15) is 5.11 Å². The van der Waals surface area contributed by atoms with Crippen molar-refractivity contribution in [2.75, 3.05) is 19.7 Å². The molecule has 0 rings (SSSR count). The Hall–Kier alpha value is -0.120. The maximum absolute atomic E-state index is 9.41. The van der Waals surface area contributed by atoms with Gasteiger partial charge < -0.3 is 15.2 Å². The van der Waals surface area contributed by atoms with Gasteiger partial charge in [-0.3, -0.25) is 0 Å². The van der Waals surface area contributed by atoms with Crippen LogP contribution in [0.25, 0.3) is 0 Å². The van der Waals surface area contributed by atoms with Crippen LogP contribution in [0.5, 0.6) is 0 Å². The minimum Gasteiger partial charge on any atom is -0.389 e. The Morgan fingerprint density at radius 3 is 2.62 bits per heavy atom. The van der Waals surface area contributed by atoms with Crippen molar-refractivity contribution in [1.29, 1.82) is 0 Å². The van der Waals surface area contributed by atoms with Gasteiger partial charge in [0.25, 0.3) is 0 Å². The first-order valence-electron chi connectivity index (χ1n) is 5.17. The maximum atomic E-state index is 9.41. The van der Waals surface area contributed by atoms with E-state index in [-0.39, 0.29) is 12.2 Å². The quantitative estimate of drug-likeness (QED) is 0.563. The van der Waals surface area contributed by atoms with Crippen LogP contribution in [-0.4, -0.2) is 37.0 Å². The number of aliphatic hydroxyl groups is 1. The first-order valence-corrected chi connectivity index (χ1v) is 5.17. The van der Waals surface area contributed by atoms with Crippen LogP contribution < -0.4 is 5.32 Å². The van der Waals surface area contributed by atoms with E-state index in [0.717, 1.165) is 13.0 Å². The van der Waals surface area contributed by atoms with Crippen LogP contribution in [0.15, 0.2) is 0 Å². The molecule has 0 bridgehead atoms. The highest BCUT2D eigenvalue weighted by atomic mass is 16.5. The second-order valence-electron chi connectivity index (χ2n) is 3.59. The van der Waals surface area contributed by atoms with Crippen LogP contribution in [-0.2, 0) is 4.74 Å². The van der Waals surface area contributed by atoms with Crippen molar-refractivity contribution >= 4 is 0 Å². The van der Waals surface area contributed by atoms with Crippen molar-refractivity contribution in [1.82, 2.24) is 5.32 Å². The monoisotopic (exact) mass is 189 g/mol. The average molecular weight is 189 g/mol. The summed E-state index contributed by atoms with van der Waals surface area (Å²) in [6, 6.07) is 0. The number of unbranched alkanes of at least 4 members (excludes halogenated alkanes) is 1. The Labute approximate surface area is 81.5 Å². The molecule has 3 heteroatoms. The maximum Gasteiger partial charge on any atom is 0.0897 e. The molecule has 0 aromatic carbocycles. The van der Waals surface area contributed by atoms with Gasteiger partial charge in [0.2, 0.25) is 0 Å². The molecule has 13 heavy (non-hydrogen) atoms. The van der Waals surface area contributed by atoms with Crippen LogP contribution in [0.3, 0.4) is 0 Å². The van der Waals surface area contributed by atoms with Gasteiger partial charge in [-0.25, -0.2) is 0 Å². The zero-order valence-electron chi connectivity index (χ0n) is 9.05. The molecule has 1 atom stereocenters. The summed E-state index contributed by atoms with van der Waals surface area (Å²) in [4.78, 5) is 0. The van der Waals surface area contributed by atoms with Crippen LogP contribution in [0.4, 0.5) is 0 Å². The second kappa shape index (κ2) is 8.48. The lowest BCUT2D eigenvalue weighted by atomic mass is 10.3. The lowest BCUT2D eigenvalue weighted by molar-refractivity contribution is 0.00647. The van der Waals surface area contributed by atoms with Crippen molar-refractivity contribution in [2.45, 2.75) is 45.8 Å². The summed E-state index contributed by atoms with van der Waals surface area (Å²) in [6.45, 7) is 8.13. The normalized spacial score (nSPS) is 13.6. The summed E-state index contributed by atoms with van der Waals surface area (Å²) in [5, 5.41) is 12.6. The van der Waals surface area contributed by atoms with Gasteiger partial charge in [0.15, 0.2) is 0 Å². The van der Waals surface area contributed by atoms with Crippen LogP contribution >= 0.6 is 0 Å². The molecule has 0 spiro atoms. The Kier molecular flexibility index (Phi) is 8.40. The molecule has 1 unspecified atom stereocenters. The van der Waals surface area contributed by atoms with Gasteiger partial charge in [0.1, 0.15) is 0 Å². The number of ether oxygens (including phenoxy) is 1. The number of aliphatic hydroxyl groups excluding tert-OH is 1. The highest BCUT2D eigenvalue weighted by Crippen LogP contribution is 1.91. The SMILES string of the molecule is CCCCNCC(O)COC(C)C. The first kappa shape index (κ1) is 12.9. The number of nitrogens with one attached hydrogen (secondary N) is 1. The van der Waals surface area contributed by atoms with E-state index < -0.39 is 0 Å². The Morgan fingerprint density at radius 2 is 2.08 bits per heavy atom. The molecule has 3 nitrogen and oxygen atoms in total. The second-order valence-corrected chi connectivity index (χ2v) is 3.59. The molecule has 0 aliphatic rings. The number of hydrogen-bond donors (Lipinski definition) is 2. The molecular weight excluding hydrogens is 166 g/mol. The van der Waals surface area contributed by atoms with Gasteiger partial charge in [0.05, 0.1) is 18.8 Å². The van der Waals surface area contributed by atoms with Gasteiger partial charge in [-0.05, 0) is 26.8 Å². The lowest BCUT2D eigenvalue weighted by Crippen LogP contribution is -2.31.